The SMILES string of the molecule is COCC1=NN=C(COC)[NH+]1C. The molecule has 0 aromatic rings. The van der Waals surface area contributed by atoms with Crippen LogP contribution in [0.25, 0.3) is 0 Å². The summed E-state index contributed by atoms with van der Waals surface area (Å²) in [6.07, 6.45) is 0. The van der Waals surface area contributed by atoms with E-state index in [1.807, 2.05) is 7.05 Å². The van der Waals surface area contributed by atoms with Crippen molar-refractivity contribution in [2.45, 2.75) is 0 Å². The molecule has 5 heteroatoms. The average molecular weight is 172 g/mol. The van der Waals surface area contributed by atoms with Crippen LogP contribution in [0.5, 0.6) is 0 Å². The van der Waals surface area contributed by atoms with Crippen molar-refractivity contribution in [3.63, 3.8) is 0 Å². The highest BCUT2D eigenvalue weighted by Gasteiger charge is 2.24. The topological polar surface area (TPSA) is 47.6 Å². The summed E-state index contributed by atoms with van der Waals surface area (Å²) in [6, 6.07) is 0. The Morgan fingerprint density at radius 3 is 1.83 bits per heavy atom. The van der Waals surface area contributed by atoms with Gasteiger partial charge >= 0.3 is 0 Å². The van der Waals surface area contributed by atoms with E-state index < -0.39 is 0 Å². The van der Waals surface area contributed by atoms with Crippen LogP contribution in [0.15, 0.2) is 10.2 Å². The number of quaternary nitrogens is 1. The van der Waals surface area contributed by atoms with E-state index in [1.54, 1.807) is 14.2 Å². The van der Waals surface area contributed by atoms with E-state index >= 15 is 0 Å². The van der Waals surface area contributed by atoms with E-state index in [-0.39, 0.29) is 0 Å². The van der Waals surface area contributed by atoms with Crippen molar-refractivity contribution in [3.8, 4) is 0 Å². The van der Waals surface area contributed by atoms with E-state index in [0.29, 0.717) is 13.2 Å². The van der Waals surface area contributed by atoms with Gasteiger partial charge in [-0.2, -0.15) is 0 Å². The van der Waals surface area contributed by atoms with Crippen molar-refractivity contribution in [2.24, 2.45) is 10.2 Å². The van der Waals surface area contributed by atoms with E-state index in [4.69, 9.17) is 9.47 Å². The Morgan fingerprint density at radius 2 is 1.50 bits per heavy atom. The molecule has 0 fully saturated rings. The van der Waals surface area contributed by atoms with Gasteiger partial charge in [-0.1, -0.05) is 10.2 Å². The number of likely N-dealkylation sites (N-methyl/N-ethyl adjacent to an activating group) is 1. The third-order valence-electron chi connectivity index (χ3n) is 1.72. The molecule has 0 saturated carbocycles. The third-order valence-corrected chi connectivity index (χ3v) is 1.72. The molecular weight excluding hydrogens is 158 g/mol. The van der Waals surface area contributed by atoms with Gasteiger partial charge in [-0.25, -0.2) is 4.90 Å². The lowest BCUT2D eigenvalue weighted by Gasteiger charge is -2.08. The largest absolute Gasteiger partial charge is 0.372 e. The highest BCUT2D eigenvalue weighted by atomic mass is 16.5. The second kappa shape index (κ2) is 4.30. The van der Waals surface area contributed by atoms with Crippen molar-refractivity contribution < 1.29 is 14.4 Å². The fraction of sp³-hybridized carbons (Fsp3) is 0.714. The molecule has 5 nitrogen and oxygen atoms in total. The van der Waals surface area contributed by atoms with Crippen molar-refractivity contribution in [3.05, 3.63) is 0 Å². The molecule has 1 aliphatic rings. The number of hydrogen-bond acceptors (Lipinski definition) is 4. The predicted octanol–water partition coefficient (Wildman–Crippen LogP) is -1.48. The van der Waals surface area contributed by atoms with Gasteiger partial charge < -0.3 is 9.47 Å². The van der Waals surface area contributed by atoms with Crippen LogP contribution in [-0.2, 0) is 9.47 Å². The highest BCUT2D eigenvalue weighted by molar-refractivity contribution is 5.91. The third kappa shape index (κ3) is 1.88. The van der Waals surface area contributed by atoms with Crippen molar-refractivity contribution in [2.75, 3.05) is 34.5 Å². The number of methoxy groups -OCH3 is 2. The van der Waals surface area contributed by atoms with Gasteiger partial charge in [0.15, 0.2) is 0 Å². The molecule has 1 heterocycles. The monoisotopic (exact) mass is 172 g/mol. The standard InChI is InChI=1S/C7H13N3O2/c1-10-6(4-11-2)8-9-7(10)5-12-3/h4-5H2,1-3H3/p+1. The summed E-state index contributed by atoms with van der Waals surface area (Å²) < 4.78 is 9.91. The summed E-state index contributed by atoms with van der Waals surface area (Å²) in [5.74, 6) is 1.79. The van der Waals surface area contributed by atoms with Crippen molar-refractivity contribution in [1.82, 2.24) is 0 Å². The Labute approximate surface area is 71.7 Å². The summed E-state index contributed by atoms with van der Waals surface area (Å²) in [4.78, 5) is 1.07. The lowest BCUT2D eigenvalue weighted by molar-refractivity contribution is -0.676. The van der Waals surface area contributed by atoms with Gasteiger partial charge in [0.25, 0.3) is 11.7 Å². The van der Waals surface area contributed by atoms with Gasteiger partial charge in [0.1, 0.15) is 13.2 Å². The van der Waals surface area contributed by atoms with Gasteiger partial charge in [-0.15, -0.1) is 0 Å². The average Bonchev–Trinajstić information content (AvgIpc) is 2.38. The first-order chi connectivity index (χ1) is 5.79. The maximum atomic E-state index is 4.96. The summed E-state index contributed by atoms with van der Waals surface area (Å²) in [7, 11) is 5.26. The number of nitrogens with one attached hydrogen (secondary N) is 1. The van der Waals surface area contributed by atoms with Gasteiger partial charge in [0.2, 0.25) is 0 Å². The first-order valence-electron chi connectivity index (χ1n) is 3.75. The minimum atomic E-state index is 0.516. The Hall–Kier alpha value is -0.780. The van der Waals surface area contributed by atoms with Crippen LogP contribution in [0.4, 0.5) is 0 Å². The fourth-order valence-electron chi connectivity index (χ4n) is 0.985. The first kappa shape index (κ1) is 9.31. The lowest BCUT2D eigenvalue weighted by Crippen LogP contribution is -3.14. The normalized spacial score (nSPS) is 17.9. The minimum absolute atomic E-state index is 0.516. The molecule has 0 spiro atoms. The maximum absolute atomic E-state index is 4.96. The smallest absolute Gasteiger partial charge is 0.253 e. The second-order valence-electron chi connectivity index (χ2n) is 2.58. The van der Waals surface area contributed by atoms with Crippen LogP contribution in [0, 0.1) is 0 Å². The van der Waals surface area contributed by atoms with Crippen LogP contribution in [0.2, 0.25) is 0 Å². The molecule has 1 rings (SSSR count). The van der Waals surface area contributed by atoms with Crippen molar-refractivity contribution >= 4 is 11.7 Å². The Bertz CT molecular complexity index is 191. The molecule has 68 valence electrons. The summed E-state index contributed by atoms with van der Waals surface area (Å²) >= 11 is 0. The second-order valence-corrected chi connectivity index (χ2v) is 2.58. The van der Waals surface area contributed by atoms with Crippen molar-refractivity contribution in [1.29, 1.82) is 0 Å². The number of nitrogens with zero attached hydrogens (tertiary/aromatic N) is 2. The molecule has 0 aliphatic carbocycles. The Kier molecular flexibility index (Phi) is 3.33. The zero-order valence-corrected chi connectivity index (χ0v) is 7.63. The van der Waals surface area contributed by atoms with Crippen LogP contribution >= 0.6 is 0 Å². The fourth-order valence-corrected chi connectivity index (χ4v) is 0.985. The number of ether oxygens (including phenoxy) is 2. The molecule has 0 saturated heterocycles. The van der Waals surface area contributed by atoms with Crippen LogP contribution in [0.1, 0.15) is 0 Å². The summed E-state index contributed by atoms with van der Waals surface area (Å²) in [6.45, 7) is 1.03. The number of rotatable bonds is 4. The van der Waals surface area contributed by atoms with Crippen LogP contribution < -0.4 is 4.90 Å². The van der Waals surface area contributed by atoms with E-state index in [0.717, 1.165) is 16.6 Å². The molecule has 0 aromatic heterocycles. The summed E-state index contributed by atoms with van der Waals surface area (Å²) in [5.41, 5.74) is 0. The number of hydrogen-bond donors (Lipinski definition) is 1. The molecule has 1 N–H and O–H groups in total. The lowest BCUT2D eigenvalue weighted by atomic mass is 10.5. The Morgan fingerprint density at radius 1 is 1.08 bits per heavy atom. The van der Waals surface area contributed by atoms with Gasteiger partial charge in [0.05, 0.1) is 7.05 Å². The van der Waals surface area contributed by atoms with Gasteiger partial charge in [-0.3, -0.25) is 0 Å². The molecule has 1 aliphatic heterocycles. The van der Waals surface area contributed by atoms with Crippen LogP contribution in [-0.4, -0.2) is 46.2 Å². The molecule has 12 heavy (non-hydrogen) atoms. The predicted molar refractivity (Wildman–Crippen MR) is 45.5 cm³/mol. The Balaban J connectivity index is 2.47. The van der Waals surface area contributed by atoms with E-state index in [2.05, 4.69) is 10.2 Å². The first-order valence-corrected chi connectivity index (χ1v) is 3.75. The molecule has 0 bridgehead atoms. The molecule has 0 atom stereocenters. The van der Waals surface area contributed by atoms with E-state index in [9.17, 15) is 0 Å². The van der Waals surface area contributed by atoms with Gasteiger partial charge in [0, 0.05) is 14.2 Å². The van der Waals surface area contributed by atoms with Crippen LogP contribution in [0.3, 0.4) is 0 Å². The quantitative estimate of drug-likeness (QED) is 0.562. The molecular formula is C7H14N3O2+. The maximum Gasteiger partial charge on any atom is 0.253 e. The minimum Gasteiger partial charge on any atom is -0.372 e. The zero-order valence-electron chi connectivity index (χ0n) is 7.63. The summed E-state index contributed by atoms with van der Waals surface area (Å²) in [5, 5.41) is 7.94. The molecule has 0 amide bonds. The molecule has 0 unspecified atom stereocenters. The zero-order chi connectivity index (χ0) is 8.97. The highest BCUT2D eigenvalue weighted by Crippen LogP contribution is 1.85. The van der Waals surface area contributed by atoms with E-state index in [1.165, 1.54) is 0 Å². The van der Waals surface area contributed by atoms with Gasteiger partial charge in [-0.05, 0) is 0 Å². The number of amidine groups is 2. The molecule has 0 radical (unpaired) electrons. The molecule has 0 aromatic carbocycles.